The van der Waals surface area contributed by atoms with Crippen LogP contribution in [-0.4, -0.2) is 5.91 Å². The molecule has 2 N–H and O–H groups in total. The highest BCUT2D eigenvalue weighted by Crippen LogP contribution is 2.16. The van der Waals surface area contributed by atoms with Gasteiger partial charge in [0.25, 0.3) is 0 Å². The zero-order valence-corrected chi connectivity index (χ0v) is 16.1. The van der Waals surface area contributed by atoms with E-state index in [-0.39, 0.29) is 5.91 Å². The van der Waals surface area contributed by atoms with Gasteiger partial charge in [-0.05, 0) is 26.7 Å². The average Bonchev–Trinajstić information content (AvgIpc) is 2.54. The summed E-state index contributed by atoms with van der Waals surface area (Å²) >= 11 is 0. The third-order valence-electron chi connectivity index (χ3n) is 4.92. The van der Waals surface area contributed by atoms with Crippen LogP contribution in [0.3, 0.4) is 0 Å². The third kappa shape index (κ3) is 14.5. The van der Waals surface area contributed by atoms with Crippen LogP contribution in [0.1, 0.15) is 117 Å². The molecule has 23 heavy (non-hydrogen) atoms. The minimum Gasteiger partial charge on any atom is -0.366 e. The van der Waals surface area contributed by atoms with Gasteiger partial charge in [-0.3, -0.25) is 4.79 Å². The molecule has 0 fully saturated rings. The van der Waals surface area contributed by atoms with Gasteiger partial charge in [0.15, 0.2) is 0 Å². The topological polar surface area (TPSA) is 43.1 Å². The lowest BCUT2D eigenvalue weighted by atomic mass is 10.0. The number of amides is 1. The highest BCUT2D eigenvalue weighted by atomic mass is 16.1. The van der Waals surface area contributed by atoms with E-state index in [1.807, 2.05) is 13.8 Å². The third-order valence-corrected chi connectivity index (χ3v) is 4.92. The maximum absolute atomic E-state index is 11.1. The largest absolute Gasteiger partial charge is 0.366 e. The Hall–Kier alpha value is -0.790. The molecule has 2 nitrogen and oxygen atoms in total. The molecule has 0 aliphatic rings. The molecule has 0 atom stereocenters. The van der Waals surface area contributed by atoms with E-state index in [0.29, 0.717) is 0 Å². The van der Waals surface area contributed by atoms with Crippen LogP contribution < -0.4 is 5.73 Å². The Morgan fingerprint density at radius 2 is 1.00 bits per heavy atom. The minimum atomic E-state index is -0.270. The van der Waals surface area contributed by atoms with Crippen molar-refractivity contribution in [1.29, 1.82) is 0 Å². The van der Waals surface area contributed by atoms with E-state index in [1.165, 1.54) is 89.9 Å². The normalized spacial score (nSPS) is 12.3. The molecular formula is C21H41NO. The molecule has 0 aliphatic heterocycles. The Kier molecular flexibility index (Phi) is 15.5. The van der Waals surface area contributed by atoms with Crippen molar-refractivity contribution >= 4 is 5.91 Å². The number of hydrogen-bond donors (Lipinski definition) is 1. The molecule has 0 saturated heterocycles. The van der Waals surface area contributed by atoms with Gasteiger partial charge in [0, 0.05) is 5.57 Å². The zero-order valence-electron chi connectivity index (χ0n) is 16.1. The summed E-state index contributed by atoms with van der Waals surface area (Å²) in [5.74, 6) is -0.270. The van der Waals surface area contributed by atoms with Gasteiger partial charge >= 0.3 is 0 Å². The number of carbonyl (C=O) groups is 1. The molecule has 0 heterocycles. The Labute approximate surface area is 145 Å². The predicted octanol–water partition coefficient (Wildman–Crippen LogP) is 6.68. The molecule has 0 aromatic carbocycles. The van der Waals surface area contributed by atoms with Crippen molar-refractivity contribution < 1.29 is 4.79 Å². The second-order valence-corrected chi connectivity index (χ2v) is 7.12. The molecule has 0 saturated carbocycles. The fourth-order valence-corrected chi connectivity index (χ4v) is 2.98. The van der Waals surface area contributed by atoms with Gasteiger partial charge in [0.1, 0.15) is 0 Å². The first-order valence-electron chi connectivity index (χ1n) is 10.1. The first-order chi connectivity index (χ1) is 11.1. The van der Waals surface area contributed by atoms with E-state index in [1.54, 1.807) is 0 Å². The number of carbonyl (C=O) groups excluding carboxylic acids is 1. The van der Waals surface area contributed by atoms with Crippen molar-refractivity contribution in [1.82, 2.24) is 0 Å². The summed E-state index contributed by atoms with van der Waals surface area (Å²) in [5, 5.41) is 0. The minimum absolute atomic E-state index is 0.270. The van der Waals surface area contributed by atoms with Gasteiger partial charge in [0.05, 0.1) is 0 Å². The number of allylic oxidation sites excluding steroid dienone is 1. The van der Waals surface area contributed by atoms with Crippen LogP contribution in [-0.2, 0) is 4.79 Å². The van der Waals surface area contributed by atoms with Crippen molar-refractivity contribution in [2.24, 2.45) is 5.73 Å². The Morgan fingerprint density at radius 3 is 1.35 bits per heavy atom. The maximum Gasteiger partial charge on any atom is 0.244 e. The summed E-state index contributed by atoms with van der Waals surface area (Å²) < 4.78 is 0. The lowest BCUT2D eigenvalue weighted by molar-refractivity contribution is -0.114. The predicted molar refractivity (Wildman–Crippen MR) is 102 cm³/mol. The SMILES string of the molecule is CCCCCCCCCCCCCCCCC(C)=C(C)C(N)=O. The molecule has 2 heteroatoms. The Bertz CT molecular complexity index is 320. The number of rotatable bonds is 16. The van der Waals surface area contributed by atoms with Crippen LogP contribution in [0.15, 0.2) is 11.1 Å². The summed E-state index contributed by atoms with van der Waals surface area (Å²) in [6.45, 7) is 6.14. The fraction of sp³-hybridized carbons (Fsp3) is 0.857. The number of primary amides is 1. The molecule has 0 aromatic heterocycles. The van der Waals surface area contributed by atoms with Crippen molar-refractivity contribution in [3.8, 4) is 0 Å². The lowest BCUT2D eigenvalue weighted by Crippen LogP contribution is -2.13. The molecule has 0 aromatic rings. The van der Waals surface area contributed by atoms with Gasteiger partial charge < -0.3 is 5.73 Å². The average molecular weight is 324 g/mol. The Morgan fingerprint density at radius 1 is 0.652 bits per heavy atom. The van der Waals surface area contributed by atoms with Gasteiger partial charge in [-0.1, -0.05) is 96.0 Å². The van der Waals surface area contributed by atoms with E-state index in [2.05, 4.69) is 6.92 Å². The molecule has 0 aliphatic carbocycles. The highest BCUT2D eigenvalue weighted by Gasteiger charge is 2.02. The van der Waals surface area contributed by atoms with Crippen molar-refractivity contribution in [3.05, 3.63) is 11.1 Å². The number of unbranched alkanes of at least 4 members (excludes halogenated alkanes) is 13. The van der Waals surface area contributed by atoms with Gasteiger partial charge in [-0.2, -0.15) is 0 Å². The van der Waals surface area contributed by atoms with Crippen molar-refractivity contribution in [3.63, 3.8) is 0 Å². The van der Waals surface area contributed by atoms with Crippen LogP contribution in [0.2, 0.25) is 0 Å². The number of nitrogens with two attached hydrogens (primary N) is 1. The van der Waals surface area contributed by atoms with E-state index in [9.17, 15) is 4.79 Å². The van der Waals surface area contributed by atoms with Crippen LogP contribution in [0, 0.1) is 0 Å². The molecule has 1 amide bonds. The lowest BCUT2D eigenvalue weighted by Gasteiger charge is -2.05. The molecule has 0 unspecified atom stereocenters. The summed E-state index contributed by atoms with van der Waals surface area (Å²) in [4.78, 5) is 11.1. The van der Waals surface area contributed by atoms with Crippen LogP contribution in [0.25, 0.3) is 0 Å². The molecule has 0 spiro atoms. The van der Waals surface area contributed by atoms with Crippen molar-refractivity contribution in [2.45, 2.75) is 117 Å². The molecule has 136 valence electrons. The van der Waals surface area contributed by atoms with Crippen LogP contribution in [0.5, 0.6) is 0 Å². The Balaban J connectivity index is 3.25. The molecule has 0 rings (SSSR count). The smallest absolute Gasteiger partial charge is 0.244 e. The first-order valence-corrected chi connectivity index (χ1v) is 10.1. The monoisotopic (exact) mass is 323 g/mol. The summed E-state index contributed by atoms with van der Waals surface area (Å²) in [6, 6.07) is 0. The second kappa shape index (κ2) is 16.1. The van der Waals surface area contributed by atoms with Gasteiger partial charge in [0.2, 0.25) is 5.91 Å². The molecule has 0 radical (unpaired) electrons. The second-order valence-electron chi connectivity index (χ2n) is 7.12. The van der Waals surface area contributed by atoms with E-state index >= 15 is 0 Å². The molecular weight excluding hydrogens is 282 g/mol. The zero-order chi connectivity index (χ0) is 17.3. The summed E-state index contributed by atoms with van der Waals surface area (Å²) in [6.07, 6.45) is 20.4. The number of hydrogen-bond acceptors (Lipinski definition) is 1. The van der Waals surface area contributed by atoms with Gasteiger partial charge in [-0.25, -0.2) is 0 Å². The highest BCUT2D eigenvalue weighted by molar-refractivity contribution is 5.91. The van der Waals surface area contributed by atoms with Crippen LogP contribution >= 0.6 is 0 Å². The van der Waals surface area contributed by atoms with Gasteiger partial charge in [-0.15, -0.1) is 0 Å². The molecule has 0 bridgehead atoms. The quantitative estimate of drug-likeness (QED) is 0.250. The standard InChI is InChI=1S/C21H41NO/c1-4-5-6-7-8-9-10-11-12-13-14-15-16-17-18-19(2)20(3)21(22)23/h4-18H2,1-3H3,(H2,22,23). The summed E-state index contributed by atoms with van der Waals surface area (Å²) in [7, 11) is 0. The van der Waals surface area contributed by atoms with Crippen molar-refractivity contribution in [2.75, 3.05) is 0 Å². The van der Waals surface area contributed by atoms with Crippen LogP contribution in [0.4, 0.5) is 0 Å². The van der Waals surface area contributed by atoms with E-state index in [0.717, 1.165) is 17.6 Å². The fourth-order valence-electron chi connectivity index (χ4n) is 2.98. The summed E-state index contributed by atoms with van der Waals surface area (Å²) in [5.41, 5.74) is 7.20. The first kappa shape index (κ1) is 22.2. The van der Waals surface area contributed by atoms with E-state index < -0.39 is 0 Å². The van der Waals surface area contributed by atoms with E-state index in [4.69, 9.17) is 5.73 Å². The maximum atomic E-state index is 11.1.